The van der Waals surface area contributed by atoms with Crippen LogP contribution in [0.5, 0.6) is 11.5 Å². The first-order valence-electron chi connectivity index (χ1n) is 6.10. The lowest BCUT2D eigenvalue weighted by molar-refractivity contribution is 0.103. The fourth-order valence-electron chi connectivity index (χ4n) is 2.03. The van der Waals surface area contributed by atoms with E-state index in [4.69, 9.17) is 21.1 Å². The van der Waals surface area contributed by atoms with E-state index in [1.807, 2.05) is 13.0 Å². The monoisotopic (exact) mass is 290 g/mol. The normalized spacial score (nSPS) is 10.2. The molecule has 0 N–H and O–H groups in total. The molecule has 0 aliphatic rings. The zero-order valence-corrected chi connectivity index (χ0v) is 12.3. The third-order valence-corrected chi connectivity index (χ3v) is 3.39. The molecule has 0 unspecified atom stereocenters. The van der Waals surface area contributed by atoms with Gasteiger partial charge in [0.15, 0.2) is 5.78 Å². The largest absolute Gasteiger partial charge is 0.496 e. The summed E-state index contributed by atoms with van der Waals surface area (Å²) in [5.41, 5.74) is 1.86. The van der Waals surface area contributed by atoms with E-state index in [0.717, 1.165) is 5.56 Å². The molecule has 0 saturated heterocycles. The van der Waals surface area contributed by atoms with E-state index >= 15 is 0 Å². The Labute approximate surface area is 123 Å². The van der Waals surface area contributed by atoms with Crippen molar-refractivity contribution in [1.29, 1.82) is 0 Å². The Morgan fingerprint density at radius 3 is 2.30 bits per heavy atom. The van der Waals surface area contributed by atoms with Gasteiger partial charge in [-0.25, -0.2) is 0 Å². The number of methoxy groups -OCH3 is 2. The summed E-state index contributed by atoms with van der Waals surface area (Å²) in [5.74, 6) is 0.981. The van der Waals surface area contributed by atoms with E-state index in [1.54, 1.807) is 44.6 Å². The Bertz CT molecular complexity index is 650. The number of halogens is 1. The summed E-state index contributed by atoms with van der Waals surface area (Å²) in [6.07, 6.45) is 0. The Balaban J connectivity index is 2.51. The molecule has 2 aromatic carbocycles. The summed E-state index contributed by atoms with van der Waals surface area (Å²) in [5, 5.41) is 0.413. The minimum atomic E-state index is -0.121. The van der Waals surface area contributed by atoms with Crippen molar-refractivity contribution >= 4 is 17.4 Å². The highest BCUT2D eigenvalue weighted by molar-refractivity contribution is 6.32. The molecule has 4 heteroatoms. The average Bonchev–Trinajstić information content (AvgIpc) is 2.48. The molecule has 0 atom stereocenters. The van der Waals surface area contributed by atoms with E-state index in [1.165, 1.54) is 0 Å². The standard InChI is InChI=1S/C16H15ClO3/c1-10-8-15(20-3)13(17)9-12(10)16(18)11-6-4-5-7-14(11)19-2/h4-9H,1-3H3. The van der Waals surface area contributed by atoms with Crippen LogP contribution in [0, 0.1) is 6.92 Å². The third-order valence-electron chi connectivity index (χ3n) is 3.10. The van der Waals surface area contributed by atoms with Crippen LogP contribution in [0.2, 0.25) is 5.02 Å². The number of ether oxygens (including phenoxy) is 2. The van der Waals surface area contributed by atoms with Gasteiger partial charge in [-0.1, -0.05) is 23.7 Å². The molecule has 2 rings (SSSR count). The zero-order valence-electron chi connectivity index (χ0n) is 11.6. The highest BCUT2D eigenvalue weighted by atomic mass is 35.5. The lowest BCUT2D eigenvalue weighted by Gasteiger charge is -2.11. The number of ketones is 1. The lowest BCUT2D eigenvalue weighted by Crippen LogP contribution is -2.06. The van der Waals surface area contributed by atoms with Crippen LogP contribution in [0.1, 0.15) is 21.5 Å². The summed E-state index contributed by atoms with van der Waals surface area (Å²) in [6.45, 7) is 1.85. The second kappa shape index (κ2) is 5.97. The SMILES string of the molecule is COc1cc(C)c(C(=O)c2ccccc2OC)cc1Cl. The Morgan fingerprint density at radius 1 is 1.00 bits per heavy atom. The number of aryl methyl sites for hydroxylation is 1. The van der Waals surface area contributed by atoms with Gasteiger partial charge in [0.1, 0.15) is 11.5 Å². The molecule has 0 bridgehead atoms. The second-order valence-corrected chi connectivity index (χ2v) is 4.74. The number of carbonyl (C=O) groups excluding carboxylic acids is 1. The van der Waals surface area contributed by atoms with Gasteiger partial charge in [0.25, 0.3) is 0 Å². The highest BCUT2D eigenvalue weighted by Crippen LogP contribution is 2.30. The van der Waals surface area contributed by atoms with E-state index in [2.05, 4.69) is 0 Å². The third kappa shape index (κ3) is 2.63. The molecule has 0 amide bonds. The molecule has 0 aliphatic heterocycles. The summed E-state index contributed by atoms with van der Waals surface area (Å²) in [7, 11) is 3.09. The Morgan fingerprint density at radius 2 is 1.65 bits per heavy atom. The predicted molar refractivity (Wildman–Crippen MR) is 79.2 cm³/mol. The maximum atomic E-state index is 12.6. The number of hydrogen-bond donors (Lipinski definition) is 0. The molecule has 0 aliphatic carbocycles. The van der Waals surface area contributed by atoms with Gasteiger partial charge < -0.3 is 9.47 Å². The first-order chi connectivity index (χ1) is 9.58. The van der Waals surface area contributed by atoms with Crippen LogP contribution in [0.3, 0.4) is 0 Å². The number of benzene rings is 2. The molecule has 0 heterocycles. The average molecular weight is 291 g/mol. The van der Waals surface area contributed by atoms with E-state index in [0.29, 0.717) is 27.6 Å². The Hall–Kier alpha value is -2.00. The molecule has 0 fully saturated rings. The highest BCUT2D eigenvalue weighted by Gasteiger charge is 2.18. The topological polar surface area (TPSA) is 35.5 Å². The molecule has 104 valence electrons. The first kappa shape index (κ1) is 14.4. The molecule has 3 nitrogen and oxygen atoms in total. The molecule has 0 saturated carbocycles. The number of para-hydroxylation sites is 1. The van der Waals surface area contributed by atoms with Crippen molar-refractivity contribution in [3.8, 4) is 11.5 Å². The van der Waals surface area contributed by atoms with Gasteiger partial charge in [-0.05, 0) is 36.8 Å². The fourth-order valence-corrected chi connectivity index (χ4v) is 2.27. The number of carbonyl (C=O) groups is 1. The quantitative estimate of drug-likeness (QED) is 0.801. The minimum absolute atomic E-state index is 0.121. The molecule has 20 heavy (non-hydrogen) atoms. The van der Waals surface area contributed by atoms with Crippen molar-refractivity contribution in [1.82, 2.24) is 0 Å². The van der Waals surface area contributed by atoms with Crippen molar-refractivity contribution < 1.29 is 14.3 Å². The van der Waals surface area contributed by atoms with Crippen molar-refractivity contribution in [2.45, 2.75) is 6.92 Å². The summed E-state index contributed by atoms with van der Waals surface area (Å²) < 4.78 is 10.4. The van der Waals surface area contributed by atoms with Crippen LogP contribution in [0.25, 0.3) is 0 Å². The lowest BCUT2D eigenvalue weighted by atomic mass is 9.98. The zero-order chi connectivity index (χ0) is 14.7. The van der Waals surface area contributed by atoms with Crippen molar-refractivity contribution in [3.63, 3.8) is 0 Å². The molecule has 2 aromatic rings. The molecule has 0 radical (unpaired) electrons. The molecular weight excluding hydrogens is 276 g/mol. The van der Waals surface area contributed by atoms with Gasteiger partial charge in [-0.2, -0.15) is 0 Å². The van der Waals surface area contributed by atoms with Crippen LogP contribution in [-0.2, 0) is 0 Å². The van der Waals surface area contributed by atoms with Gasteiger partial charge in [0.2, 0.25) is 0 Å². The van der Waals surface area contributed by atoms with Gasteiger partial charge in [-0.15, -0.1) is 0 Å². The van der Waals surface area contributed by atoms with E-state index in [9.17, 15) is 4.79 Å². The van der Waals surface area contributed by atoms with Crippen LogP contribution in [-0.4, -0.2) is 20.0 Å². The predicted octanol–water partition coefficient (Wildman–Crippen LogP) is 3.90. The number of hydrogen-bond acceptors (Lipinski definition) is 3. The van der Waals surface area contributed by atoms with E-state index < -0.39 is 0 Å². The second-order valence-electron chi connectivity index (χ2n) is 4.33. The fraction of sp³-hybridized carbons (Fsp3) is 0.188. The molecular formula is C16H15ClO3. The Kier molecular flexibility index (Phi) is 4.30. The van der Waals surface area contributed by atoms with Crippen molar-refractivity contribution in [3.05, 3.63) is 58.1 Å². The van der Waals surface area contributed by atoms with Crippen LogP contribution in [0.15, 0.2) is 36.4 Å². The first-order valence-corrected chi connectivity index (χ1v) is 6.48. The molecule has 0 aromatic heterocycles. The summed E-state index contributed by atoms with van der Waals surface area (Å²) in [4.78, 5) is 12.6. The van der Waals surface area contributed by atoms with Crippen LogP contribution >= 0.6 is 11.6 Å². The maximum absolute atomic E-state index is 12.6. The van der Waals surface area contributed by atoms with Gasteiger partial charge in [-0.3, -0.25) is 4.79 Å². The van der Waals surface area contributed by atoms with Crippen LogP contribution < -0.4 is 9.47 Å². The minimum Gasteiger partial charge on any atom is -0.496 e. The smallest absolute Gasteiger partial charge is 0.197 e. The van der Waals surface area contributed by atoms with Crippen molar-refractivity contribution in [2.75, 3.05) is 14.2 Å². The van der Waals surface area contributed by atoms with Crippen molar-refractivity contribution in [2.24, 2.45) is 0 Å². The van der Waals surface area contributed by atoms with Gasteiger partial charge in [0.05, 0.1) is 24.8 Å². The maximum Gasteiger partial charge on any atom is 0.197 e. The van der Waals surface area contributed by atoms with Crippen LogP contribution in [0.4, 0.5) is 0 Å². The van der Waals surface area contributed by atoms with Gasteiger partial charge >= 0.3 is 0 Å². The summed E-state index contributed by atoms with van der Waals surface area (Å²) in [6, 6.07) is 10.5. The van der Waals surface area contributed by atoms with Gasteiger partial charge in [0, 0.05) is 5.56 Å². The number of rotatable bonds is 4. The summed E-state index contributed by atoms with van der Waals surface area (Å²) >= 11 is 6.10. The van der Waals surface area contributed by atoms with E-state index in [-0.39, 0.29) is 5.78 Å². The molecule has 0 spiro atoms.